The third-order valence-corrected chi connectivity index (χ3v) is 3.35. The summed E-state index contributed by atoms with van der Waals surface area (Å²) in [5.74, 6) is 0.551. The molecular formula is C14H20O4S. The molecule has 0 aliphatic rings. The second-order valence-electron chi connectivity index (χ2n) is 4.58. The molecule has 0 amide bonds. The van der Waals surface area contributed by atoms with Crippen LogP contribution in [-0.2, 0) is 9.47 Å². The minimum absolute atomic E-state index is 0.271. The van der Waals surface area contributed by atoms with Crippen LogP contribution < -0.4 is 0 Å². The van der Waals surface area contributed by atoms with Gasteiger partial charge in [-0.1, -0.05) is 12.1 Å². The molecule has 0 fully saturated rings. The maximum atomic E-state index is 11.8. The van der Waals surface area contributed by atoms with E-state index in [-0.39, 0.29) is 5.78 Å². The van der Waals surface area contributed by atoms with E-state index in [1.54, 1.807) is 31.0 Å². The predicted octanol–water partition coefficient (Wildman–Crippen LogP) is 2.35. The average Bonchev–Trinajstić information content (AvgIpc) is 2.37. The van der Waals surface area contributed by atoms with Crippen molar-refractivity contribution >= 4 is 17.5 Å². The summed E-state index contributed by atoms with van der Waals surface area (Å²) in [6, 6.07) is 7.22. The first-order valence-corrected chi connectivity index (χ1v) is 7.00. The second-order valence-corrected chi connectivity index (χ2v) is 5.74. The Labute approximate surface area is 118 Å². The van der Waals surface area contributed by atoms with E-state index < -0.39 is 5.60 Å². The number of benzene rings is 1. The van der Waals surface area contributed by atoms with Gasteiger partial charge in [-0.3, -0.25) is 4.79 Å². The van der Waals surface area contributed by atoms with Crippen LogP contribution >= 0.6 is 11.8 Å². The lowest BCUT2D eigenvalue weighted by molar-refractivity contribution is -0.0239. The molecule has 1 aromatic rings. The van der Waals surface area contributed by atoms with E-state index in [1.165, 1.54) is 13.8 Å². The molecular weight excluding hydrogens is 264 g/mol. The molecule has 1 N–H and O–H groups in total. The number of carbonyl (C=O) groups is 1. The molecule has 1 aromatic carbocycles. The van der Waals surface area contributed by atoms with Gasteiger partial charge in [0.05, 0.1) is 6.61 Å². The van der Waals surface area contributed by atoms with Crippen LogP contribution in [0.4, 0.5) is 0 Å². The second kappa shape index (κ2) is 7.65. The van der Waals surface area contributed by atoms with E-state index in [0.29, 0.717) is 19.0 Å². The monoisotopic (exact) mass is 284 g/mol. The fourth-order valence-corrected chi connectivity index (χ4v) is 2.18. The lowest BCUT2D eigenvalue weighted by Crippen LogP contribution is -2.30. The van der Waals surface area contributed by atoms with Crippen molar-refractivity contribution in [3.05, 3.63) is 29.8 Å². The lowest BCUT2D eigenvalue weighted by atomic mass is 9.97. The zero-order chi connectivity index (χ0) is 14.3. The molecule has 106 valence electrons. The predicted molar refractivity (Wildman–Crippen MR) is 75.6 cm³/mol. The Kier molecular flexibility index (Phi) is 6.51. The lowest BCUT2D eigenvalue weighted by Gasteiger charge is -2.15. The first-order chi connectivity index (χ1) is 8.95. The number of methoxy groups -OCH3 is 1. The van der Waals surface area contributed by atoms with E-state index in [4.69, 9.17) is 9.47 Å². The summed E-state index contributed by atoms with van der Waals surface area (Å²) < 4.78 is 9.96. The Morgan fingerprint density at radius 1 is 1.32 bits per heavy atom. The third kappa shape index (κ3) is 5.74. The van der Waals surface area contributed by atoms with Gasteiger partial charge in [0.25, 0.3) is 0 Å². The Hall–Kier alpha value is -0.880. The fourth-order valence-electron chi connectivity index (χ4n) is 1.42. The number of aliphatic hydroxyl groups is 1. The molecule has 0 saturated carbocycles. The molecule has 5 heteroatoms. The van der Waals surface area contributed by atoms with E-state index in [2.05, 4.69) is 0 Å². The highest BCUT2D eigenvalue weighted by molar-refractivity contribution is 7.99. The molecule has 0 unspecified atom stereocenters. The minimum atomic E-state index is -1.33. The van der Waals surface area contributed by atoms with Gasteiger partial charge in [0, 0.05) is 23.3 Å². The Bertz CT molecular complexity index is 395. The number of carbonyl (C=O) groups excluding carboxylic acids is 1. The van der Waals surface area contributed by atoms with Gasteiger partial charge in [-0.25, -0.2) is 0 Å². The smallest absolute Gasteiger partial charge is 0.193 e. The van der Waals surface area contributed by atoms with Gasteiger partial charge >= 0.3 is 0 Å². The zero-order valence-corrected chi connectivity index (χ0v) is 12.3. The van der Waals surface area contributed by atoms with Crippen molar-refractivity contribution in [3.63, 3.8) is 0 Å². The summed E-state index contributed by atoms with van der Waals surface area (Å²) in [4.78, 5) is 12.9. The number of thioether (sulfide) groups is 1. The first-order valence-electron chi connectivity index (χ1n) is 6.02. The molecule has 0 bridgehead atoms. The highest BCUT2D eigenvalue weighted by Gasteiger charge is 2.24. The normalized spacial score (nSPS) is 11.6. The van der Waals surface area contributed by atoms with Crippen molar-refractivity contribution < 1.29 is 19.4 Å². The molecule has 0 saturated heterocycles. The topological polar surface area (TPSA) is 55.8 Å². The largest absolute Gasteiger partial charge is 0.382 e. The SMILES string of the molecule is COCOCCSc1ccc(C(=O)C(C)(C)O)cc1. The third-order valence-electron chi connectivity index (χ3n) is 2.37. The molecule has 0 atom stereocenters. The van der Waals surface area contributed by atoms with Crippen molar-refractivity contribution in [2.45, 2.75) is 24.3 Å². The molecule has 0 aliphatic heterocycles. The number of hydrogen-bond donors (Lipinski definition) is 1. The Balaban J connectivity index is 2.46. The van der Waals surface area contributed by atoms with Crippen molar-refractivity contribution in [1.82, 2.24) is 0 Å². The van der Waals surface area contributed by atoms with Crippen LogP contribution in [-0.4, -0.2) is 42.8 Å². The zero-order valence-electron chi connectivity index (χ0n) is 11.5. The molecule has 0 aromatic heterocycles. The van der Waals surface area contributed by atoms with Crippen LogP contribution in [0.15, 0.2) is 29.2 Å². The van der Waals surface area contributed by atoms with Crippen LogP contribution in [0.3, 0.4) is 0 Å². The Morgan fingerprint density at radius 3 is 2.47 bits per heavy atom. The molecule has 0 radical (unpaired) electrons. The highest BCUT2D eigenvalue weighted by atomic mass is 32.2. The van der Waals surface area contributed by atoms with Gasteiger partial charge in [-0.15, -0.1) is 11.8 Å². The van der Waals surface area contributed by atoms with Gasteiger partial charge in [0.15, 0.2) is 5.78 Å². The summed E-state index contributed by atoms with van der Waals surface area (Å²) in [7, 11) is 1.59. The van der Waals surface area contributed by atoms with Crippen LogP contribution in [0.2, 0.25) is 0 Å². The van der Waals surface area contributed by atoms with Crippen LogP contribution in [0.5, 0.6) is 0 Å². The summed E-state index contributed by atoms with van der Waals surface area (Å²) in [5.41, 5.74) is -0.810. The quantitative estimate of drug-likeness (QED) is 0.344. The fraction of sp³-hybridized carbons (Fsp3) is 0.500. The van der Waals surface area contributed by atoms with Gasteiger partial charge in [0.1, 0.15) is 12.4 Å². The van der Waals surface area contributed by atoms with E-state index in [0.717, 1.165) is 10.6 Å². The summed E-state index contributed by atoms with van der Waals surface area (Å²) in [6.45, 7) is 3.90. The van der Waals surface area contributed by atoms with Gasteiger partial charge < -0.3 is 14.6 Å². The molecule has 0 aliphatic carbocycles. The van der Waals surface area contributed by atoms with Crippen LogP contribution in [0, 0.1) is 0 Å². The van der Waals surface area contributed by atoms with Crippen molar-refractivity contribution in [2.75, 3.05) is 26.3 Å². The van der Waals surface area contributed by atoms with Crippen molar-refractivity contribution in [3.8, 4) is 0 Å². The Morgan fingerprint density at radius 2 is 1.95 bits per heavy atom. The van der Waals surface area contributed by atoms with Crippen LogP contribution in [0.1, 0.15) is 24.2 Å². The van der Waals surface area contributed by atoms with Crippen LogP contribution in [0.25, 0.3) is 0 Å². The summed E-state index contributed by atoms with van der Waals surface area (Å²) >= 11 is 1.64. The van der Waals surface area contributed by atoms with E-state index in [9.17, 15) is 9.90 Å². The maximum Gasteiger partial charge on any atom is 0.193 e. The number of Topliss-reactive ketones (excluding diaryl/α,β-unsaturated/α-hetero) is 1. The minimum Gasteiger partial charge on any atom is -0.382 e. The molecule has 19 heavy (non-hydrogen) atoms. The van der Waals surface area contributed by atoms with Crippen molar-refractivity contribution in [2.24, 2.45) is 0 Å². The number of rotatable bonds is 8. The number of ketones is 1. The van der Waals surface area contributed by atoms with Gasteiger partial charge in [-0.2, -0.15) is 0 Å². The van der Waals surface area contributed by atoms with E-state index >= 15 is 0 Å². The molecule has 0 spiro atoms. The summed E-state index contributed by atoms with van der Waals surface area (Å²) in [6.07, 6.45) is 0. The van der Waals surface area contributed by atoms with E-state index in [1.807, 2.05) is 12.1 Å². The average molecular weight is 284 g/mol. The number of hydrogen-bond acceptors (Lipinski definition) is 5. The number of ether oxygens (including phenoxy) is 2. The highest BCUT2D eigenvalue weighted by Crippen LogP contribution is 2.20. The molecule has 4 nitrogen and oxygen atoms in total. The molecule has 0 heterocycles. The first kappa shape index (κ1) is 16.2. The molecule has 1 rings (SSSR count). The van der Waals surface area contributed by atoms with Gasteiger partial charge in [-0.05, 0) is 26.0 Å². The van der Waals surface area contributed by atoms with Crippen molar-refractivity contribution in [1.29, 1.82) is 0 Å². The van der Waals surface area contributed by atoms with Gasteiger partial charge in [0.2, 0.25) is 0 Å². The summed E-state index contributed by atoms with van der Waals surface area (Å²) in [5, 5.41) is 9.65. The standard InChI is InChI=1S/C14H20O4S/c1-14(2,16)13(15)11-4-6-12(7-5-11)19-9-8-18-10-17-3/h4-7,16H,8-10H2,1-3H3. The maximum absolute atomic E-state index is 11.8.